The van der Waals surface area contributed by atoms with E-state index in [1.807, 2.05) is 72.9 Å². The van der Waals surface area contributed by atoms with Crippen LogP contribution >= 0.6 is 0 Å². The lowest BCUT2D eigenvalue weighted by molar-refractivity contribution is -0.153. The fraction of sp³-hybridized carbons (Fsp3) is 0.120. The summed E-state index contributed by atoms with van der Waals surface area (Å²) in [7, 11) is 0. The van der Waals surface area contributed by atoms with E-state index in [0.29, 0.717) is 5.69 Å². The largest absolute Gasteiger partial charge is 0.459 e. The molecule has 0 saturated carbocycles. The number of aromatic nitrogens is 1. The van der Waals surface area contributed by atoms with Crippen molar-refractivity contribution in [3.63, 3.8) is 0 Å². The van der Waals surface area contributed by atoms with Crippen LogP contribution in [0.15, 0.2) is 79.0 Å². The Hall–Kier alpha value is -3.86. The summed E-state index contributed by atoms with van der Waals surface area (Å²) in [6.45, 7) is 1.84. The summed E-state index contributed by atoms with van der Waals surface area (Å²) >= 11 is 0. The molecule has 2 heterocycles. The lowest BCUT2D eigenvalue weighted by atomic mass is 9.84. The zero-order chi connectivity index (χ0) is 20.7. The van der Waals surface area contributed by atoms with Crippen molar-refractivity contribution in [1.82, 2.24) is 4.98 Å². The van der Waals surface area contributed by atoms with Crippen LogP contribution in [0.3, 0.4) is 0 Å². The van der Waals surface area contributed by atoms with Gasteiger partial charge in [-0.3, -0.25) is 9.69 Å². The molecule has 148 valence electrons. The van der Waals surface area contributed by atoms with Crippen molar-refractivity contribution in [2.24, 2.45) is 0 Å². The zero-order valence-electron chi connectivity index (χ0n) is 16.5. The SMILES string of the molecule is CCOC(=O)C(=O)N1c2ccccc2-c2ccccc2C1c1c[nH]c2ccccc12. The molecular weight excluding hydrogens is 376 g/mol. The molecule has 30 heavy (non-hydrogen) atoms. The molecule has 1 unspecified atom stereocenters. The lowest BCUT2D eigenvalue weighted by Crippen LogP contribution is -2.42. The van der Waals surface area contributed by atoms with Crippen LogP contribution in [0.5, 0.6) is 0 Å². The van der Waals surface area contributed by atoms with E-state index < -0.39 is 17.9 Å². The molecule has 5 nitrogen and oxygen atoms in total. The Kier molecular flexibility index (Phi) is 4.36. The highest BCUT2D eigenvalue weighted by Crippen LogP contribution is 2.48. The van der Waals surface area contributed by atoms with Crippen molar-refractivity contribution in [2.75, 3.05) is 11.5 Å². The first-order valence-electron chi connectivity index (χ1n) is 9.95. The number of benzene rings is 3. The number of hydrogen-bond acceptors (Lipinski definition) is 3. The smallest absolute Gasteiger partial charge is 0.397 e. The van der Waals surface area contributed by atoms with Gasteiger partial charge < -0.3 is 9.72 Å². The van der Waals surface area contributed by atoms with Crippen LogP contribution in [-0.2, 0) is 14.3 Å². The topological polar surface area (TPSA) is 62.4 Å². The van der Waals surface area contributed by atoms with Gasteiger partial charge in [0, 0.05) is 28.2 Å². The second kappa shape index (κ2) is 7.19. The number of aromatic amines is 1. The van der Waals surface area contributed by atoms with Gasteiger partial charge in [0.15, 0.2) is 0 Å². The van der Waals surface area contributed by atoms with E-state index in [2.05, 4.69) is 11.1 Å². The van der Waals surface area contributed by atoms with Crippen molar-refractivity contribution in [3.8, 4) is 11.1 Å². The number of H-pyrrole nitrogens is 1. The fourth-order valence-corrected chi connectivity index (χ4v) is 4.32. The molecule has 1 aliphatic rings. The molecule has 0 bridgehead atoms. The van der Waals surface area contributed by atoms with E-state index in [9.17, 15) is 9.59 Å². The molecule has 0 saturated heterocycles. The number of nitrogens with zero attached hydrogens (tertiary/aromatic N) is 1. The molecule has 1 aromatic heterocycles. The van der Waals surface area contributed by atoms with Crippen molar-refractivity contribution < 1.29 is 14.3 Å². The second-order valence-electron chi connectivity index (χ2n) is 7.19. The lowest BCUT2D eigenvalue weighted by Gasteiger charge is -2.38. The minimum atomic E-state index is -0.850. The Morgan fingerprint density at radius 2 is 1.60 bits per heavy atom. The number of nitrogens with one attached hydrogen (secondary N) is 1. The van der Waals surface area contributed by atoms with Gasteiger partial charge >= 0.3 is 11.9 Å². The second-order valence-corrected chi connectivity index (χ2v) is 7.19. The Bertz CT molecular complexity index is 1270. The van der Waals surface area contributed by atoms with Crippen molar-refractivity contribution in [3.05, 3.63) is 90.1 Å². The third-order valence-electron chi connectivity index (χ3n) is 5.55. The van der Waals surface area contributed by atoms with Crippen LogP contribution in [0.1, 0.15) is 24.1 Å². The average Bonchev–Trinajstić information content (AvgIpc) is 3.21. The maximum absolute atomic E-state index is 13.3. The Balaban J connectivity index is 1.79. The third-order valence-corrected chi connectivity index (χ3v) is 5.55. The van der Waals surface area contributed by atoms with Gasteiger partial charge in [-0.2, -0.15) is 0 Å². The van der Waals surface area contributed by atoms with Crippen LogP contribution in [0, 0.1) is 0 Å². The number of rotatable bonds is 2. The first-order chi connectivity index (χ1) is 14.7. The average molecular weight is 396 g/mol. The first-order valence-corrected chi connectivity index (χ1v) is 9.95. The number of anilines is 1. The van der Waals surface area contributed by atoms with Gasteiger partial charge in [-0.25, -0.2) is 4.79 Å². The number of amides is 1. The van der Waals surface area contributed by atoms with E-state index in [-0.39, 0.29) is 6.61 Å². The summed E-state index contributed by atoms with van der Waals surface area (Å²) < 4.78 is 5.08. The molecule has 5 heteroatoms. The molecule has 1 atom stereocenters. The normalized spacial score (nSPS) is 14.8. The molecule has 3 aromatic carbocycles. The molecule has 0 radical (unpaired) electrons. The maximum atomic E-state index is 13.3. The van der Waals surface area contributed by atoms with Crippen LogP contribution < -0.4 is 4.90 Å². The summed E-state index contributed by atoms with van der Waals surface area (Å²) in [6.07, 6.45) is 1.92. The predicted molar refractivity (Wildman–Crippen MR) is 116 cm³/mol. The molecule has 5 rings (SSSR count). The summed E-state index contributed by atoms with van der Waals surface area (Å²) in [4.78, 5) is 30.7. The van der Waals surface area contributed by atoms with Gasteiger partial charge in [-0.05, 0) is 30.2 Å². The number of para-hydroxylation sites is 2. The van der Waals surface area contributed by atoms with E-state index in [1.54, 1.807) is 11.8 Å². The highest BCUT2D eigenvalue weighted by atomic mass is 16.5. The van der Waals surface area contributed by atoms with E-state index in [0.717, 1.165) is 33.2 Å². The summed E-state index contributed by atoms with van der Waals surface area (Å²) in [5.74, 6) is -1.52. The van der Waals surface area contributed by atoms with E-state index >= 15 is 0 Å². The molecule has 0 spiro atoms. The van der Waals surface area contributed by atoms with Crippen LogP contribution in [0.25, 0.3) is 22.0 Å². The number of esters is 1. The first kappa shape index (κ1) is 18.2. The molecule has 1 amide bonds. The molecule has 1 aliphatic heterocycles. The number of ether oxygens (including phenoxy) is 1. The summed E-state index contributed by atoms with van der Waals surface area (Å²) in [5.41, 5.74) is 5.55. The highest BCUT2D eigenvalue weighted by molar-refractivity contribution is 6.39. The van der Waals surface area contributed by atoms with Crippen molar-refractivity contribution in [2.45, 2.75) is 13.0 Å². The Morgan fingerprint density at radius 1 is 0.900 bits per heavy atom. The number of fused-ring (bicyclic) bond motifs is 4. The highest BCUT2D eigenvalue weighted by Gasteiger charge is 2.39. The van der Waals surface area contributed by atoms with Gasteiger partial charge in [-0.1, -0.05) is 60.7 Å². The van der Waals surface area contributed by atoms with Crippen molar-refractivity contribution in [1.29, 1.82) is 0 Å². The molecule has 4 aromatic rings. The molecular formula is C25H20N2O3. The van der Waals surface area contributed by atoms with Gasteiger partial charge in [0.25, 0.3) is 0 Å². The third kappa shape index (κ3) is 2.70. The number of carbonyl (C=O) groups is 2. The molecule has 0 aliphatic carbocycles. The monoisotopic (exact) mass is 396 g/mol. The van der Waals surface area contributed by atoms with Crippen LogP contribution in [-0.4, -0.2) is 23.5 Å². The maximum Gasteiger partial charge on any atom is 0.397 e. The van der Waals surface area contributed by atoms with Crippen LogP contribution in [0.2, 0.25) is 0 Å². The van der Waals surface area contributed by atoms with Gasteiger partial charge in [-0.15, -0.1) is 0 Å². The van der Waals surface area contributed by atoms with E-state index in [4.69, 9.17) is 4.74 Å². The number of hydrogen-bond donors (Lipinski definition) is 1. The predicted octanol–water partition coefficient (Wildman–Crippen LogP) is 4.83. The quantitative estimate of drug-likeness (QED) is 0.390. The van der Waals surface area contributed by atoms with Crippen molar-refractivity contribution >= 4 is 28.5 Å². The standard InChI is InChI=1S/C25H20N2O3/c1-2-30-25(29)24(28)27-22-14-8-6-11-18(22)16-9-3-4-12-19(16)23(27)20-15-26-21-13-7-5-10-17(20)21/h3-15,23,26H,2H2,1H3. The fourth-order valence-electron chi connectivity index (χ4n) is 4.32. The zero-order valence-corrected chi connectivity index (χ0v) is 16.5. The van der Waals surface area contributed by atoms with Gasteiger partial charge in [0.2, 0.25) is 0 Å². The molecule has 0 fully saturated rings. The van der Waals surface area contributed by atoms with Gasteiger partial charge in [0.1, 0.15) is 0 Å². The number of carbonyl (C=O) groups excluding carboxylic acids is 2. The Labute approximate surface area is 173 Å². The summed E-state index contributed by atoms with van der Waals surface area (Å²) in [6, 6.07) is 23.2. The minimum Gasteiger partial charge on any atom is -0.459 e. The molecule has 1 N–H and O–H groups in total. The van der Waals surface area contributed by atoms with Gasteiger partial charge in [0.05, 0.1) is 18.3 Å². The summed E-state index contributed by atoms with van der Waals surface area (Å²) in [5, 5.41) is 1.01. The minimum absolute atomic E-state index is 0.147. The van der Waals surface area contributed by atoms with E-state index in [1.165, 1.54) is 0 Å². The van der Waals surface area contributed by atoms with Crippen LogP contribution in [0.4, 0.5) is 5.69 Å². The Morgan fingerprint density at radius 3 is 2.43 bits per heavy atom.